The first kappa shape index (κ1) is 21.7. The van der Waals surface area contributed by atoms with Crippen molar-refractivity contribution in [2.45, 2.75) is 38.9 Å². The molecule has 0 aromatic carbocycles. The van der Waals surface area contributed by atoms with Crippen LogP contribution in [0.1, 0.15) is 32.8 Å². The van der Waals surface area contributed by atoms with E-state index in [1.807, 2.05) is 39.0 Å². The van der Waals surface area contributed by atoms with Crippen LogP contribution in [-0.4, -0.2) is 65.2 Å². The number of pyridine rings is 1. The van der Waals surface area contributed by atoms with Gasteiger partial charge in [-0.25, -0.2) is 14.6 Å². The number of carbonyl (C=O) groups is 2. The van der Waals surface area contributed by atoms with E-state index in [0.29, 0.717) is 37.8 Å². The summed E-state index contributed by atoms with van der Waals surface area (Å²) in [6.45, 7) is 7.06. The fraction of sp³-hybridized carbons (Fsp3) is 0.455. The molecule has 1 fully saturated rings. The quantitative estimate of drug-likeness (QED) is 0.692. The van der Waals surface area contributed by atoms with Crippen LogP contribution >= 0.6 is 0 Å². The fourth-order valence-electron chi connectivity index (χ4n) is 3.44. The predicted octanol–water partition coefficient (Wildman–Crippen LogP) is 3.50. The molecule has 2 aromatic heterocycles. The molecule has 0 spiro atoms. The second-order valence-electron chi connectivity index (χ2n) is 8.57. The van der Waals surface area contributed by atoms with E-state index in [2.05, 4.69) is 10.1 Å². The first-order valence-electron chi connectivity index (χ1n) is 10.4. The van der Waals surface area contributed by atoms with Gasteiger partial charge in [-0.15, -0.1) is 0 Å². The number of anilines is 1. The van der Waals surface area contributed by atoms with Gasteiger partial charge in [0.15, 0.2) is 6.10 Å². The van der Waals surface area contributed by atoms with Crippen LogP contribution in [0.3, 0.4) is 0 Å². The summed E-state index contributed by atoms with van der Waals surface area (Å²) >= 11 is 0. The van der Waals surface area contributed by atoms with Crippen molar-refractivity contribution in [3.63, 3.8) is 0 Å². The molecule has 4 rings (SSSR count). The highest BCUT2D eigenvalue weighted by atomic mass is 16.6. The molecule has 2 amide bonds. The summed E-state index contributed by atoms with van der Waals surface area (Å²) in [6, 6.07) is 5.34. The van der Waals surface area contributed by atoms with Crippen LogP contribution in [0.4, 0.5) is 15.4 Å². The average molecular weight is 442 g/mol. The molecule has 0 bridgehead atoms. The zero-order valence-corrected chi connectivity index (χ0v) is 18.3. The first-order chi connectivity index (χ1) is 15.3. The van der Waals surface area contributed by atoms with Gasteiger partial charge in [-0.3, -0.25) is 4.90 Å². The summed E-state index contributed by atoms with van der Waals surface area (Å²) < 4.78 is 21.0. The third-order valence-electron chi connectivity index (χ3n) is 4.96. The number of hydrogen-bond acceptors (Lipinski definition) is 8. The molecule has 10 nitrogen and oxygen atoms in total. The molecule has 0 radical (unpaired) electrons. The smallest absolute Gasteiger partial charge is 0.416 e. The number of nitrogens with zero attached hydrogens (tertiary/aromatic N) is 4. The van der Waals surface area contributed by atoms with Crippen LogP contribution in [0, 0.1) is 0 Å². The number of carbonyl (C=O) groups excluding carboxylic acids is 2. The van der Waals surface area contributed by atoms with E-state index in [-0.39, 0.29) is 12.7 Å². The summed E-state index contributed by atoms with van der Waals surface area (Å²) in [5, 5.41) is 3.67. The monoisotopic (exact) mass is 442 g/mol. The molecular weight excluding hydrogens is 416 g/mol. The molecular formula is C22H26N4O6. The topological polar surface area (TPSA) is 107 Å². The molecule has 2 aliphatic rings. The normalized spacial score (nSPS) is 18.9. The summed E-state index contributed by atoms with van der Waals surface area (Å²) in [5.41, 5.74) is 1.52. The second-order valence-corrected chi connectivity index (χ2v) is 8.57. The molecule has 2 aromatic rings. The van der Waals surface area contributed by atoms with Crippen molar-refractivity contribution in [1.82, 2.24) is 15.0 Å². The summed E-state index contributed by atoms with van der Waals surface area (Å²) in [4.78, 5) is 32.1. The number of aromatic nitrogens is 2. The Kier molecular flexibility index (Phi) is 6.02. The second kappa shape index (κ2) is 8.89. The molecule has 32 heavy (non-hydrogen) atoms. The van der Waals surface area contributed by atoms with Crippen molar-refractivity contribution in [2.75, 3.05) is 31.1 Å². The number of ether oxygens (including phenoxy) is 3. The molecule has 0 N–H and O–H groups in total. The van der Waals surface area contributed by atoms with Crippen LogP contribution in [0.15, 0.2) is 41.3 Å². The van der Waals surface area contributed by atoms with Gasteiger partial charge < -0.3 is 23.6 Å². The Morgan fingerprint density at radius 3 is 2.84 bits per heavy atom. The van der Waals surface area contributed by atoms with Crippen molar-refractivity contribution in [1.29, 1.82) is 0 Å². The van der Waals surface area contributed by atoms with E-state index in [9.17, 15) is 9.59 Å². The molecule has 1 saturated heterocycles. The van der Waals surface area contributed by atoms with Gasteiger partial charge >= 0.3 is 12.2 Å². The summed E-state index contributed by atoms with van der Waals surface area (Å²) in [6.07, 6.45) is 4.52. The third kappa shape index (κ3) is 5.19. The highest BCUT2D eigenvalue weighted by Gasteiger charge is 2.34. The van der Waals surface area contributed by atoms with Crippen LogP contribution in [-0.2, 0) is 9.47 Å². The molecule has 2 aliphatic heterocycles. The predicted molar refractivity (Wildman–Crippen MR) is 114 cm³/mol. The third-order valence-corrected chi connectivity index (χ3v) is 4.96. The van der Waals surface area contributed by atoms with Gasteiger partial charge in [-0.2, -0.15) is 0 Å². The highest BCUT2D eigenvalue weighted by molar-refractivity contribution is 5.89. The minimum absolute atomic E-state index is 0.167. The largest absolute Gasteiger partial charge is 0.471 e. The zero-order valence-electron chi connectivity index (χ0n) is 18.3. The Balaban J connectivity index is 1.38. The number of hydrogen-bond donors (Lipinski definition) is 0. The van der Waals surface area contributed by atoms with E-state index in [1.165, 1.54) is 11.2 Å². The lowest BCUT2D eigenvalue weighted by molar-refractivity contribution is 0.0270. The van der Waals surface area contributed by atoms with Gasteiger partial charge in [0.05, 0.1) is 6.54 Å². The van der Waals surface area contributed by atoms with Gasteiger partial charge in [-0.05, 0) is 55.6 Å². The van der Waals surface area contributed by atoms with E-state index in [4.69, 9.17) is 18.7 Å². The van der Waals surface area contributed by atoms with Crippen molar-refractivity contribution < 1.29 is 28.3 Å². The van der Waals surface area contributed by atoms with Crippen molar-refractivity contribution >= 4 is 23.6 Å². The van der Waals surface area contributed by atoms with Crippen LogP contribution in [0.5, 0.6) is 5.88 Å². The highest BCUT2D eigenvalue weighted by Crippen LogP contribution is 2.27. The van der Waals surface area contributed by atoms with E-state index in [0.717, 1.165) is 11.1 Å². The average Bonchev–Trinajstić information content (AvgIpc) is 3.41. The Labute approximate surface area is 185 Å². The van der Waals surface area contributed by atoms with Gasteiger partial charge in [0.25, 0.3) is 5.88 Å². The number of rotatable bonds is 5. The van der Waals surface area contributed by atoms with Gasteiger partial charge in [-0.1, -0.05) is 6.08 Å². The standard InChI is InChI=1S/C22H26N4O6/c1-22(2,3)32-20(27)25-9-5-15(6-10-25)16-4-8-23-18(12-16)26-13-17(31-21(26)28)14-29-19-7-11-30-24-19/h4-5,7-8,11-12,17H,6,9-10,13-14H2,1-3H3. The lowest BCUT2D eigenvalue weighted by atomic mass is 10.0. The molecule has 4 heterocycles. The molecule has 10 heteroatoms. The van der Waals surface area contributed by atoms with Crippen LogP contribution in [0.25, 0.3) is 5.57 Å². The van der Waals surface area contributed by atoms with Gasteiger partial charge in [0.2, 0.25) is 0 Å². The van der Waals surface area contributed by atoms with Crippen LogP contribution < -0.4 is 9.64 Å². The molecule has 0 aliphatic carbocycles. The van der Waals surface area contributed by atoms with Gasteiger partial charge in [0, 0.05) is 25.4 Å². The van der Waals surface area contributed by atoms with E-state index >= 15 is 0 Å². The maximum absolute atomic E-state index is 12.4. The van der Waals surface area contributed by atoms with Crippen LogP contribution in [0.2, 0.25) is 0 Å². The minimum atomic E-state index is -0.524. The van der Waals surface area contributed by atoms with Crippen molar-refractivity contribution in [3.8, 4) is 5.88 Å². The summed E-state index contributed by atoms with van der Waals surface area (Å²) in [5.74, 6) is 0.844. The lowest BCUT2D eigenvalue weighted by Crippen LogP contribution is -2.39. The fourth-order valence-corrected chi connectivity index (χ4v) is 3.44. The minimum Gasteiger partial charge on any atom is -0.471 e. The SMILES string of the molecule is CC(C)(C)OC(=O)N1CC=C(c2ccnc(N3CC(COc4ccon4)OC3=O)c2)CC1. The maximum atomic E-state index is 12.4. The molecule has 170 valence electrons. The maximum Gasteiger partial charge on any atom is 0.416 e. The Morgan fingerprint density at radius 2 is 2.16 bits per heavy atom. The Bertz CT molecular complexity index is 998. The molecule has 0 saturated carbocycles. The number of cyclic esters (lactones) is 1. The first-order valence-corrected chi connectivity index (χ1v) is 10.4. The summed E-state index contributed by atoms with van der Waals surface area (Å²) in [7, 11) is 0. The van der Waals surface area contributed by atoms with Crippen molar-refractivity contribution in [2.24, 2.45) is 0 Å². The Morgan fingerprint density at radius 1 is 1.31 bits per heavy atom. The van der Waals surface area contributed by atoms with E-state index in [1.54, 1.807) is 17.2 Å². The van der Waals surface area contributed by atoms with Crippen molar-refractivity contribution in [3.05, 3.63) is 42.3 Å². The number of amides is 2. The molecule has 1 unspecified atom stereocenters. The zero-order chi connectivity index (χ0) is 22.7. The molecule has 1 atom stereocenters. The lowest BCUT2D eigenvalue weighted by Gasteiger charge is -2.29. The van der Waals surface area contributed by atoms with E-state index < -0.39 is 17.8 Å². The Hall–Kier alpha value is -3.56. The van der Waals surface area contributed by atoms with Gasteiger partial charge in [0.1, 0.15) is 24.3 Å².